The van der Waals surface area contributed by atoms with Gasteiger partial charge in [0.25, 0.3) is 0 Å². The summed E-state index contributed by atoms with van der Waals surface area (Å²) in [7, 11) is 5.54. The number of nitriles is 1. The second-order valence-electron chi connectivity index (χ2n) is 6.00. The van der Waals surface area contributed by atoms with E-state index >= 15 is 0 Å². The van der Waals surface area contributed by atoms with Crippen molar-refractivity contribution in [1.29, 1.82) is 5.26 Å². The van der Waals surface area contributed by atoms with Crippen molar-refractivity contribution in [2.45, 2.75) is 18.8 Å². The lowest BCUT2D eigenvalue weighted by molar-refractivity contribution is 0.629. The van der Waals surface area contributed by atoms with E-state index in [4.69, 9.17) is 0 Å². The second kappa shape index (κ2) is 6.32. The van der Waals surface area contributed by atoms with Crippen molar-refractivity contribution in [2.24, 2.45) is 0 Å². The molecule has 0 radical (unpaired) electrons. The van der Waals surface area contributed by atoms with E-state index in [1.54, 1.807) is 13.2 Å². The van der Waals surface area contributed by atoms with Crippen LogP contribution in [-0.4, -0.2) is 31.1 Å². The third kappa shape index (κ3) is 3.08. The number of nitrogens with zero attached hydrogens (tertiary/aromatic N) is 4. The summed E-state index contributed by atoms with van der Waals surface area (Å²) in [6, 6.07) is 5.13. The molecule has 24 heavy (non-hydrogen) atoms. The van der Waals surface area contributed by atoms with Crippen molar-refractivity contribution in [3.8, 4) is 6.07 Å². The van der Waals surface area contributed by atoms with Gasteiger partial charge in [-0.05, 0) is 36.5 Å². The van der Waals surface area contributed by atoms with Gasteiger partial charge in [0, 0.05) is 21.1 Å². The Morgan fingerprint density at radius 1 is 1.33 bits per heavy atom. The minimum Gasteiger partial charge on any atom is -0.373 e. The van der Waals surface area contributed by atoms with Crippen LogP contribution in [0.5, 0.6) is 0 Å². The van der Waals surface area contributed by atoms with Gasteiger partial charge in [0.2, 0.25) is 5.95 Å². The van der Waals surface area contributed by atoms with Crippen LogP contribution in [0.25, 0.3) is 0 Å². The van der Waals surface area contributed by atoms with Crippen molar-refractivity contribution in [2.75, 3.05) is 36.7 Å². The summed E-state index contributed by atoms with van der Waals surface area (Å²) in [5, 5.41) is 15.2. The molecule has 0 spiro atoms. The van der Waals surface area contributed by atoms with E-state index in [1.165, 1.54) is 12.1 Å². The highest BCUT2D eigenvalue weighted by atomic mass is 19.1. The molecule has 6 nitrogen and oxygen atoms in total. The number of anilines is 4. The third-order valence-electron chi connectivity index (χ3n) is 4.01. The standard InChI is InChI=1S/C17H19FN6/c1-20-16-15(24(2)3)9-21-17(23-16)22-14-6-11(8-19)12(7-13(14)18)10-4-5-10/h6-7,9-10H,4-5H2,1-3H3,(H2,20,21,22,23). The zero-order chi connectivity index (χ0) is 17.3. The highest BCUT2D eigenvalue weighted by Crippen LogP contribution is 2.42. The Labute approximate surface area is 140 Å². The van der Waals surface area contributed by atoms with Crippen LogP contribution in [0.3, 0.4) is 0 Å². The highest BCUT2D eigenvalue weighted by Gasteiger charge is 2.27. The quantitative estimate of drug-likeness (QED) is 0.878. The number of halogens is 1. The molecule has 0 amide bonds. The average Bonchev–Trinajstić information content (AvgIpc) is 3.40. The first-order valence-electron chi connectivity index (χ1n) is 7.76. The van der Waals surface area contributed by atoms with E-state index < -0.39 is 5.82 Å². The Morgan fingerprint density at radius 3 is 2.67 bits per heavy atom. The molecule has 0 bridgehead atoms. The van der Waals surface area contributed by atoms with Gasteiger partial charge in [-0.1, -0.05) is 0 Å². The van der Waals surface area contributed by atoms with Gasteiger partial charge in [0.1, 0.15) is 5.82 Å². The summed E-state index contributed by atoms with van der Waals surface area (Å²) in [5.41, 5.74) is 2.32. The molecule has 3 rings (SSSR count). The van der Waals surface area contributed by atoms with E-state index in [0.29, 0.717) is 17.3 Å². The minimum absolute atomic E-state index is 0.204. The van der Waals surface area contributed by atoms with Gasteiger partial charge < -0.3 is 15.5 Å². The van der Waals surface area contributed by atoms with Gasteiger partial charge in [-0.2, -0.15) is 10.2 Å². The molecule has 2 aromatic rings. The van der Waals surface area contributed by atoms with Crippen molar-refractivity contribution < 1.29 is 4.39 Å². The molecule has 1 aliphatic carbocycles. The third-order valence-corrected chi connectivity index (χ3v) is 4.01. The molecule has 2 N–H and O–H groups in total. The fourth-order valence-corrected chi connectivity index (χ4v) is 2.58. The lowest BCUT2D eigenvalue weighted by Gasteiger charge is -2.17. The number of hydrogen-bond donors (Lipinski definition) is 2. The summed E-state index contributed by atoms with van der Waals surface area (Å²) < 4.78 is 14.4. The SMILES string of the molecule is CNc1nc(Nc2cc(C#N)c(C3CC3)cc2F)ncc1N(C)C. The van der Waals surface area contributed by atoms with E-state index in [0.717, 1.165) is 24.1 Å². The Bertz CT molecular complexity index is 807. The normalized spacial score (nSPS) is 13.3. The molecule has 7 heteroatoms. The van der Waals surface area contributed by atoms with Gasteiger partial charge in [-0.15, -0.1) is 0 Å². The summed E-state index contributed by atoms with van der Waals surface area (Å²) >= 11 is 0. The molecule has 1 heterocycles. The summed E-state index contributed by atoms with van der Waals surface area (Å²) in [6.45, 7) is 0. The van der Waals surface area contributed by atoms with E-state index in [1.807, 2.05) is 19.0 Å². The smallest absolute Gasteiger partial charge is 0.229 e. The molecule has 124 valence electrons. The fraction of sp³-hybridized carbons (Fsp3) is 0.353. The number of benzene rings is 1. The lowest BCUT2D eigenvalue weighted by atomic mass is 10.0. The number of aromatic nitrogens is 2. The maximum absolute atomic E-state index is 14.4. The first kappa shape index (κ1) is 16.0. The Kier molecular flexibility index (Phi) is 4.21. The van der Waals surface area contributed by atoms with Gasteiger partial charge in [0.05, 0.1) is 29.2 Å². The zero-order valence-corrected chi connectivity index (χ0v) is 13.9. The maximum Gasteiger partial charge on any atom is 0.229 e. The molecule has 0 saturated heterocycles. The van der Waals surface area contributed by atoms with Crippen LogP contribution in [0.4, 0.5) is 27.5 Å². The predicted molar refractivity (Wildman–Crippen MR) is 92.3 cm³/mol. The molecule has 0 aliphatic heterocycles. The van der Waals surface area contributed by atoms with Gasteiger partial charge in [-0.25, -0.2) is 9.37 Å². The van der Waals surface area contributed by atoms with E-state index in [2.05, 4.69) is 26.7 Å². The number of rotatable bonds is 5. The maximum atomic E-state index is 14.4. The largest absolute Gasteiger partial charge is 0.373 e. The van der Waals surface area contributed by atoms with Crippen LogP contribution in [-0.2, 0) is 0 Å². The van der Waals surface area contributed by atoms with Crippen molar-refractivity contribution in [3.63, 3.8) is 0 Å². The van der Waals surface area contributed by atoms with Crippen LogP contribution in [0.15, 0.2) is 18.3 Å². The highest BCUT2D eigenvalue weighted by molar-refractivity contribution is 5.67. The molecular formula is C17H19FN6. The first-order chi connectivity index (χ1) is 11.5. The van der Waals surface area contributed by atoms with Gasteiger partial charge in [0.15, 0.2) is 5.82 Å². The van der Waals surface area contributed by atoms with Crippen LogP contribution in [0, 0.1) is 17.1 Å². The average molecular weight is 326 g/mol. The van der Waals surface area contributed by atoms with Crippen molar-refractivity contribution >= 4 is 23.1 Å². The monoisotopic (exact) mass is 326 g/mol. The second-order valence-corrected chi connectivity index (χ2v) is 6.00. The Balaban J connectivity index is 1.92. The lowest BCUT2D eigenvalue weighted by Crippen LogP contribution is -2.13. The van der Waals surface area contributed by atoms with Crippen LogP contribution >= 0.6 is 0 Å². The predicted octanol–water partition coefficient (Wildman–Crippen LogP) is 3.22. The first-order valence-corrected chi connectivity index (χ1v) is 7.76. The van der Waals surface area contributed by atoms with Crippen molar-refractivity contribution in [3.05, 3.63) is 35.3 Å². The van der Waals surface area contributed by atoms with Gasteiger partial charge >= 0.3 is 0 Å². The molecule has 0 atom stereocenters. The zero-order valence-electron chi connectivity index (χ0n) is 13.9. The van der Waals surface area contributed by atoms with E-state index in [9.17, 15) is 9.65 Å². The van der Waals surface area contributed by atoms with Crippen LogP contribution in [0.1, 0.15) is 29.9 Å². The van der Waals surface area contributed by atoms with Crippen LogP contribution < -0.4 is 15.5 Å². The summed E-state index contributed by atoms with van der Waals surface area (Å²) in [4.78, 5) is 10.4. The molecule has 1 aromatic carbocycles. The summed E-state index contributed by atoms with van der Waals surface area (Å²) in [5.74, 6) is 0.817. The molecule has 1 saturated carbocycles. The summed E-state index contributed by atoms with van der Waals surface area (Å²) in [6.07, 6.45) is 3.69. The molecule has 1 fully saturated rings. The molecular weight excluding hydrogens is 307 g/mol. The van der Waals surface area contributed by atoms with E-state index in [-0.39, 0.29) is 11.6 Å². The van der Waals surface area contributed by atoms with Crippen LogP contribution in [0.2, 0.25) is 0 Å². The van der Waals surface area contributed by atoms with Crippen molar-refractivity contribution in [1.82, 2.24) is 9.97 Å². The molecule has 1 aliphatic rings. The molecule has 0 unspecified atom stereocenters. The Morgan fingerprint density at radius 2 is 2.08 bits per heavy atom. The fourth-order valence-electron chi connectivity index (χ4n) is 2.58. The minimum atomic E-state index is -0.401. The topological polar surface area (TPSA) is 76.9 Å². The molecule has 1 aromatic heterocycles. The van der Waals surface area contributed by atoms with Gasteiger partial charge in [-0.3, -0.25) is 0 Å². The number of hydrogen-bond acceptors (Lipinski definition) is 6. The number of nitrogens with one attached hydrogen (secondary N) is 2. The Hall–Kier alpha value is -2.88.